The van der Waals surface area contributed by atoms with Crippen LogP contribution in [0, 0.1) is 17.3 Å². The molecule has 0 amide bonds. The summed E-state index contributed by atoms with van der Waals surface area (Å²) in [4.78, 5) is 12.8. The summed E-state index contributed by atoms with van der Waals surface area (Å²) in [5.41, 5.74) is 2.28. The molecule has 0 bridgehead atoms. The Kier molecular flexibility index (Phi) is 12.6. The second-order valence-electron chi connectivity index (χ2n) is 13.0. The second-order valence-corrected chi connectivity index (χ2v) is 13.0. The molecule has 230 valence electrons. The van der Waals surface area contributed by atoms with Crippen molar-refractivity contribution < 1.29 is 19.7 Å². The Balaban J connectivity index is 1.17. The van der Waals surface area contributed by atoms with Crippen LogP contribution in [0.4, 0.5) is 0 Å². The summed E-state index contributed by atoms with van der Waals surface area (Å²) < 4.78 is 5.93. The normalized spacial score (nSPS) is 27.2. The Bertz CT molecular complexity index is 1130. The summed E-state index contributed by atoms with van der Waals surface area (Å²) in [5.74, 6) is 1.87. The van der Waals surface area contributed by atoms with Gasteiger partial charge in [-0.25, -0.2) is 0 Å². The predicted octanol–water partition coefficient (Wildman–Crippen LogP) is 9.66. The molecule has 0 saturated heterocycles. The summed E-state index contributed by atoms with van der Waals surface area (Å²) >= 11 is 0. The molecule has 1 aromatic carbocycles. The van der Waals surface area contributed by atoms with Crippen molar-refractivity contribution in [3.8, 4) is 11.5 Å². The lowest BCUT2D eigenvalue weighted by Gasteiger charge is -2.50. The average Bonchev–Trinajstić information content (AvgIpc) is 3.28. The Morgan fingerprint density at radius 2 is 1.57 bits per heavy atom. The largest absolute Gasteiger partial charge is 0.508 e. The van der Waals surface area contributed by atoms with Crippen molar-refractivity contribution in [1.29, 1.82) is 0 Å². The first kappa shape index (κ1) is 32.3. The predicted molar refractivity (Wildman–Crippen MR) is 173 cm³/mol. The monoisotopic (exact) mass is 574 g/mol. The van der Waals surface area contributed by atoms with E-state index in [0.717, 1.165) is 81.8 Å². The standard InChI is InChI=1S/C38H54O4/c1-3-4-5-6-7-8-9-10-11-12-13-14-15-16-17-18-19-20-36(41)42-34-28-30(39)27-29-21-22-31-32(37(29)34)25-26-38(2)33(31)23-24-35(38)40/h7-8,10-11,13-14,16-17,27-28,31-33,35,39-40H,3-6,9,12,15,18-26H2,1-2H3/b8-7-,11-10-,14-13-,17-16-/t31-,32-,33-,35-,38-/m0/s1. The fraction of sp³-hybridized carbons (Fsp3) is 0.605. The van der Waals surface area contributed by atoms with Crippen LogP contribution in [-0.2, 0) is 11.2 Å². The molecule has 5 atom stereocenters. The van der Waals surface area contributed by atoms with Crippen LogP contribution in [0.25, 0.3) is 0 Å². The number of allylic oxidation sites excluding steroid dienone is 8. The van der Waals surface area contributed by atoms with Crippen LogP contribution in [0.15, 0.2) is 60.7 Å². The summed E-state index contributed by atoms with van der Waals surface area (Å²) in [6, 6.07) is 3.51. The molecule has 3 aliphatic carbocycles. The van der Waals surface area contributed by atoms with Crippen LogP contribution in [0.5, 0.6) is 11.5 Å². The van der Waals surface area contributed by atoms with Gasteiger partial charge in [-0.15, -0.1) is 0 Å². The van der Waals surface area contributed by atoms with Gasteiger partial charge in [0.15, 0.2) is 0 Å². The van der Waals surface area contributed by atoms with Crippen LogP contribution in [0.2, 0.25) is 0 Å². The van der Waals surface area contributed by atoms with E-state index in [-0.39, 0.29) is 23.2 Å². The first-order valence-corrected chi connectivity index (χ1v) is 16.8. The minimum absolute atomic E-state index is 0.0115. The molecule has 42 heavy (non-hydrogen) atoms. The molecule has 0 radical (unpaired) electrons. The van der Waals surface area contributed by atoms with Crippen LogP contribution in [0.1, 0.15) is 127 Å². The number of aliphatic hydroxyl groups is 1. The Morgan fingerprint density at radius 3 is 2.26 bits per heavy atom. The van der Waals surface area contributed by atoms with Crippen LogP contribution in [0.3, 0.4) is 0 Å². The van der Waals surface area contributed by atoms with Crippen molar-refractivity contribution in [2.75, 3.05) is 0 Å². The summed E-state index contributed by atoms with van der Waals surface area (Å²) in [6.45, 7) is 4.51. The second kappa shape index (κ2) is 16.3. The molecule has 0 spiro atoms. The van der Waals surface area contributed by atoms with Gasteiger partial charge in [-0.3, -0.25) is 4.79 Å². The van der Waals surface area contributed by atoms with E-state index in [9.17, 15) is 15.0 Å². The maximum Gasteiger partial charge on any atom is 0.311 e. The van der Waals surface area contributed by atoms with Gasteiger partial charge in [0, 0.05) is 18.1 Å². The Labute approximate surface area is 254 Å². The molecule has 0 unspecified atom stereocenters. The third kappa shape index (κ3) is 8.49. The van der Waals surface area contributed by atoms with Crippen LogP contribution >= 0.6 is 0 Å². The van der Waals surface area contributed by atoms with Crippen LogP contribution < -0.4 is 4.74 Å². The molecule has 2 fully saturated rings. The van der Waals surface area contributed by atoms with Crippen molar-refractivity contribution in [3.05, 3.63) is 71.9 Å². The first-order valence-electron chi connectivity index (χ1n) is 16.8. The number of aromatic hydroxyl groups is 1. The number of carbonyl (C=O) groups excluding carboxylic acids is 1. The van der Waals surface area contributed by atoms with Crippen LogP contribution in [-0.4, -0.2) is 22.3 Å². The van der Waals surface area contributed by atoms with E-state index in [0.29, 0.717) is 29.9 Å². The molecule has 0 aromatic heterocycles. The van der Waals surface area contributed by atoms with E-state index >= 15 is 0 Å². The summed E-state index contributed by atoms with van der Waals surface area (Å²) in [6.07, 6.45) is 33.4. The number of phenols is 1. The van der Waals surface area contributed by atoms with Crippen molar-refractivity contribution >= 4 is 5.97 Å². The molecule has 4 rings (SSSR count). The fourth-order valence-corrected chi connectivity index (χ4v) is 7.82. The lowest BCUT2D eigenvalue weighted by Crippen LogP contribution is -2.44. The SMILES string of the molecule is CCCCC/C=C\C/C=C\C/C=C\C/C=C\CCCC(=O)Oc1cc(O)cc2c1[C@H]1CC[C@]3(C)[C@@H](O)CC[C@H]3[C@H]1CC2. The number of aliphatic hydroxyl groups excluding tert-OH is 1. The maximum absolute atomic E-state index is 12.8. The molecular weight excluding hydrogens is 520 g/mol. The minimum Gasteiger partial charge on any atom is -0.508 e. The highest BCUT2D eigenvalue weighted by molar-refractivity contribution is 5.73. The van der Waals surface area contributed by atoms with E-state index in [2.05, 4.69) is 62.5 Å². The zero-order chi connectivity index (χ0) is 29.8. The first-order chi connectivity index (χ1) is 20.4. The maximum atomic E-state index is 12.8. The third-order valence-corrected chi connectivity index (χ3v) is 10.2. The van der Waals surface area contributed by atoms with E-state index in [1.54, 1.807) is 6.07 Å². The van der Waals surface area contributed by atoms with E-state index in [1.807, 2.05) is 6.07 Å². The van der Waals surface area contributed by atoms with E-state index < -0.39 is 0 Å². The highest BCUT2D eigenvalue weighted by atomic mass is 16.5. The summed E-state index contributed by atoms with van der Waals surface area (Å²) in [7, 11) is 0. The van der Waals surface area contributed by atoms with Gasteiger partial charge in [-0.1, -0.05) is 75.3 Å². The molecule has 0 heterocycles. The van der Waals surface area contributed by atoms with Gasteiger partial charge in [0.25, 0.3) is 0 Å². The molecule has 3 aliphatic rings. The number of hydrogen-bond acceptors (Lipinski definition) is 4. The minimum atomic E-state index is -0.224. The third-order valence-electron chi connectivity index (χ3n) is 10.2. The number of esters is 1. The number of ether oxygens (including phenoxy) is 1. The number of fused-ring (bicyclic) bond motifs is 5. The lowest BCUT2D eigenvalue weighted by molar-refractivity contribution is -0.134. The quantitative estimate of drug-likeness (QED) is 0.0947. The molecule has 0 aliphatic heterocycles. The van der Waals surface area contributed by atoms with Gasteiger partial charge in [0.05, 0.1) is 6.10 Å². The number of unbranched alkanes of at least 4 members (excludes halogenated alkanes) is 4. The average molecular weight is 575 g/mol. The van der Waals surface area contributed by atoms with Gasteiger partial charge in [-0.2, -0.15) is 0 Å². The van der Waals surface area contributed by atoms with Crippen molar-refractivity contribution in [1.82, 2.24) is 0 Å². The molecule has 4 heteroatoms. The molecular formula is C38H54O4. The topological polar surface area (TPSA) is 66.8 Å². The van der Waals surface area contributed by atoms with E-state index in [4.69, 9.17) is 4.74 Å². The highest BCUT2D eigenvalue weighted by Gasteiger charge is 2.54. The fourth-order valence-electron chi connectivity index (χ4n) is 7.82. The number of aryl methyl sites for hydroxylation is 1. The van der Waals surface area contributed by atoms with Gasteiger partial charge in [0.2, 0.25) is 0 Å². The van der Waals surface area contributed by atoms with E-state index in [1.165, 1.54) is 25.7 Å². The van der Waals surface area contributed by atoms with Crippen molar-refractivity contribution in [3.63, 3.8) is 0 Å². The smallest absolute Gasteiger partial charge is 0.311 e. The van der Waals surface area contributed by atoms with Gasteiger partial charge in [-0.05, 0) is 118 Å². The number of benzene rings is 1. The number of carbonyl (C=O) groups is 1. The molecule has 2 saturated carbocycles. The van der Waals surface area contributed by atoms with Gasteiger partial charge < -0.3 is 14.9 Å². The highest BCUT2D eigenvalue weighted by Crippen LogP contribution is 2.62. The molecule has 4 nitrogen and oxygen atoms in total. The zero-order valence-electron chi connectivity index (χ0n) is 26.1. The number of hydrogen-bond donors (Lipinski definition) is 2. The van der Waals surface area contributed by atoms with Crippen molar-refractivity contribution in [2.24, 2.45) is 17.3 Å². The Hall–Kier alpha value is -2.59. The zero-order valence-corrected chi connectivity index (χ0v) is 26.1. The Morgan fingerprint density at radius 1 is 0.905 bits per heavy atom. The molecule has 2 N–H and O–H groups in total. The number of rotatable bonds is 15. The number of phenolic OH excluding ortho intramolecular Hbond substituents is 1. The van der Waals surface area contributed by atoms with Gasteiger partial charge in [0.1, 0.15) is 11.5 Å². The van der Waals surface area contributed by atoms with Crippen molar-refractivity contribution in [2.45, 2.75) is 129 Å². The summed E-state index contributed by atoms with van der Waals surface area (Å²) in [5, 5.41) is 21.1. The van der Waals surface area contributed by atoms with Gasteiger partial charge >= 0.3 is 5.97 Å². The lowest BCUT2D eigenvalue weighted by atomic mass is 9.55. The molecule has 1 aromatic rings.